The Balaban J connectivity index is 2.08. The van der Waals surface area contributed by atoms with Crippen LogP contribution in [0.1, 0.15) is 37.9 Å². The first-order valence-corrected chi connectivity index (χ1v) is 8.14. The summed E-state index contributed by atoms with van der Waals surface area (Å²) >= 11 is 0. The third-order valence-electron chi connectivity index (χ3n) is 4.72. The van der Waals surface area contributed by atoms with Crippen LogP contribution in [-0.4, -0.2) is 24.2 Å². The predicted octanol–water partition coefficient (Wildman–Crippen LogP) is 3.72. The van der Waals surface area contributed by atoms with Gasteiger partial charge in [-0.3, -0.25) is 4.98 Å². The van der Waals surface area contributed by atoms with Gasteiger partial charge in [0.25, 0.3) is 0 Å². The quantitative estimate of drug-likeness (QED) is 0.797. The van der Waals surface area contributed by atoms with Crippen molar-refractivity contribution in [1.82, 2.24) is 4.98 Å². The summed E-state index contributed by atoms with van der Waals surface area (Å²) in [4.78, 5) is 7.44. The molecule has 1 aromatic heterocycles. The number of benzene rings is 1. The number of fused-ring (bicyclic) bond motifs is 2. The van der Waals surface area contributed by atoms with Gasteiger partial charge in [-0.15, -0.1) is 0 Å². The Morgan fingerprint density at radius 2 is 2.14 bits per heavy atom. The molecule has 2 aromatic rings. The molecule has 1 aromatic carbocycles. The number of aromatic nitrogens is 1. The van der Waals surface area contributed by atoms with Crippen molar-refractivity contribution >= 4 is 16.6 Å². The molecule has 2 heterocycles. The average Bonchev–Trinajstić information content (AvgIpc) is 2.65. The molecule has 0 saturated heterocycles. The Morgan fingerprint density at radius 3 is 3.00 bits per heavy atom. The SMILES string of the molecule is CCN1CC(C)Oc2cccc3nc4c(c1c23)CCCC4. The normalized spacial score (nSPS) is 20.9. The summed E-state index contributed by atoms with van der Waals surface area (Å²) in [6.07, 6.45) is 5.04. The van der Waals surface area contributed by atoms with Crippen molar-refractivity contribution in [3.05, 3.63) is 29.5 Å². The molecule has 4 rings (SSSR count). The molecule has 1 aliphatic carbocycles. The number of hydrogen-bond acceptors (Lipinski definition) is 3. The Morgan fingerprint density at radius 1 is 1.29 bits per heavy atom. The minimum atomic E-state index is 0.210. The molecule has 0 N–H and O–H groups in total. The number of ether oxygens (including phenoxy) is 1. The zero-order valence-corrected chi connectivity index (χ0v) is 12.9. The van der Waals surface area contributed by atoms with E-state index in [2.05, 4.69) is 36.9 Å². The first-order valence-electron chi connectivity index (χ1n) is 8.14. The number of anilines is 1. The molecule has 0 spiro atoms. The summed E-state index contributed by atoms with van der Waals surface area (Å²) in [7, 11) is 0. The van der Waals surface area contributed by atoms with Gasteiger partial charge < -0.3 is 9.64 Å². The van der Waals surface area contributed by atoms with E-state index in [-0.39, 0.29) is 6.10 Å². The van der Waals surface area contributed by atoms with E-state index in [9.17, 15) is 0 Å². The highest BCUT2D eigenvalue weighted by atomic mass is 16.5. The molecule has 0 fully saturated rings. The number of likely N-dealkylation sites (N-methyl/N-ethyl adjacent to an activating group) is 1. The zero-order valence-electron chi connectivity index (χ0n) is 12.9. The van der Waals surface area contributed by atoms with Gasteiger partial charge in [-0.05, 0) is 57.2 Å². The summed E-state index contributed by atoms with van der Waals surface area (Å²) in [5, 5.41) is 1.23. The molecule has 1 unspecified atom stereocenters. The van der Waals surface area contributed by atoms with Gasteiger partial charge in [-0.25, -0.2) is 0 Å². The van der Waals surface area contributed by atoms with Crippen LogP contribution in [0.25, 0.3) is 10.9 Å². The topological polar surface area (TPSA) is 25.4 Å². The van der Waals surface area contributed by atoms with E-state index in [1.54, 1.807) is 0 Å². The van der Waals surface area contributed by atoms with E-state index in [0.717, 1.165) is 37.2 Å². The van der Waals surface area contributed by atoms with Crippen LogP contribution in [0.2, 0.25) is 0 Å². The van der Waals surface area contributed by atoms with Gasteiger partial charge in [0.1, 0.15) is 11.9 Å². The maximum absolute atomic E-state index is 6.17. The molecule has 0 bridgehead atoms. The molecule has 0 amide bonds. The zero-order chi connectivity index (χ0) is 14.4. The van der Waals surface area contributed by atoms with Crippen LogP contribution in [0.4, 0.5) is 5.69 Å². The minimum absolute atomic E-state index is 0.210. The summed E-state index contributed by atoms with van der Waals surface area (Å²) in [5.41, 5.74) is 5.28. The highest BCUT2D eigenvalue weighted by Crippen LogP contribution is 2.42. The Bertz CT molecular complexity index is 695. The van der Waals surface area contributed by atoms with Crippen LogP contribution in [-0.2, 0) is 12.8 Å². The van der Waals surface area contributed by atoms with E-state index in [1.807, 2.05) is 0 Å². The van der Waals surface area contributed by atoms with Crippen molar-refractivity contribution in [3.63, 3.8) is 0 Å². The van der Waals surface area contributed by atoms with E-state index in [4.69, 9.17) is 9.72 Å². The van der Waals surface area contributed by atoms with Crippen molar-refractivity contribution in [2.75, 3.05) is 18.0 Å². The van der Waals surface area contributed by atoms with Crippen LogP contribution < -0.4 is 9.64 Å². The van der Waals surface area contributed by atoms with Gasteiger partial charge in [-0.1, -0.05) is 6.07 Å². The van der Waals surface area contributed by atoms with Crippen molar-refractivity contribution in [3.8, 4) is 5.75 Å². The van der Waals surface area contributed by atoms with Crippen molar-refractivity contribution in [2.45, 2.75) is 45.6 Å². The lowest BCUT2D eigenvalue weighted by molar-refractivity contribution is 0.232. The van der Waals surface area contributed by atoms with Gasteiger partial charge >= 0.3 is 0 Å². The van der Waals surface area contributed by atoms with E-state index in [1.165, 1.54) is 35.2 Å². The van der Waals surface area contributed by atoms with Crippen LogP contribution in [0.5, 0.6) is 5.75 Å². The maximum atomic E-state index is 6.17. The molecular formula is C18H22N2O. The lowest BCUT2D eigenvalue weighted by Crippen LogP contribution is -2.33. The Labute approximate surface area is 125 Å². The molecule has 21 heavy (non-hydrogen) atoms. The molecule has 2 aliphatic rings. The van der Waals surface area contributed by atoms with Crippen molar-refractivity contribution < 1.29 is 4.74 Å². The molecule has 1 atom stereocenters. The third-order valence-corrected chi connectivity index (χ3v) is 4.72. The molecule has 3 nitrogen and oxygen atoms in total. The van der Waals surface area contributed by atoms with Crippen LogP contribution in [0, 0.1) is 0 Å². The minimum Gasteiger partial charge on any atom is -0.488 e. The number of hydrogen-bond donors (Lipinski definition) is 0. The molecule has 110 valence electrons. The number of aryl methyl sites for hydroxylation is 1. The average molecular weight is 282 g/mol. The highest BCUT2D eigenvalue weighted by molar-refractivity contribution is 5.99. The smallest absolute Gasteiger partial charge is 0.131 e. The van der Waals surface area contributed by atoms with Crippen molar-refractivity contribution in [2.24, 2.45) is 0 Å². The fourth-order valence-electron chi connectivity index (χ4n) is 3.80. The van der Waals surface area contributed by atoms with Crippen LogP contribution in [0.15, 0.2) is 18.2 Å². The highest BCUT2D eigenvalue weighted by Gasteiger charge is 2.27. The number of rotatable bonds is 1. The predicted molar refractivity (Wildman–Crippen MR) is 86.4 cm³/mol. The van der Waals surface area contributed by atoms with E-state index in [0.29, 0.717) is 0 Å². The first kappa shape index (κ1) is 12.9. The second-order valence-corrected chi connectivity index (χ2v) is 6.21. The molecule has 3 heteroatoms. The van der Waals surface area contributed by atoms with E-state index >= 15 is 0 Å². The number of pyridine rings is 1. The second kappa shape index (κ2) is 4.90. The molecular weight excluding hydrogens is 260 g/mol. The fourth-order valence-corrected chi connectivity index (χ4v) is 3.80. The van der Waals surface area contributed by atoms with Gasteiger partial charge in [0.05, 0.1) is 23.1 Å². The van der Waals surface area contributed by atoms with Crippen molar-refractivity contribution in [1.29, 1.82) is 0 Å². The summed E-state index contributed by atoms with van der Waals surface area (Å²) in [6, 6.07) is 6.29. The fraction of sp³-hybridized carbons (Fsp3) is 0.500. The van der Waals surface area contributed by atoms with Gasteiger partial charge in [0, 0.05) is 12.2 Å². The first-order chi connectivity index (χ1) is 10.3. The van der Waals surface area contributed by atoms with Gasteiger partial charge in [-0.2, -0.15) is 0 Å². The summed E-state index contributed by atoms with van der Waals surface area (Å²) in [6.45, 7) is 6.37. The Hall–Kier alpha value is -1.77. The van der Waals surface area contributed by atoms with Gasteiger partial charge in [0.2, 0.25) is 0 Å². The van der Waals surface area contributed by atoms with Gasteiger partial charge in [0.15, 0.2) is 0 Å². The third kappa shape index (κ3) is 1.98. The number of nitrogens with zero attached hydrogens (tertiary/aromatic N) is 2. The Kier molecular flexibility index (Phi) is 3.02. The molecule has 0 radical (unpaired) electrons. The molecule has 1 aliphatic heterocycles. The lowest BCUT2D eigenvalue weighted by Gasteiger charge is -2.29. The summed E-state index contributed by atoms with van der Waals surface area (Å²) < 4.78 is 6.17. The van der Waals surface area contributed by atoms with Crippen LogP contribution in [0.3, 0.4) is 0 Å². The standard InChI is InChI=1S/C18H22N2O/c1-3-20-11-12(2)21-16-10-6-9-15-17(16)18(20)13-7-4-5-8-14(13)19-15/h6,9-10,12H,3-5,7-8,11H2,1-2H3. The lowest BCUT2D eigenvalue weighted by atomic mass is 9.92. The van der Waals surface area contributed by atoms with E-state index < -0.39 is 0 Å². The maximum Gasteiger partial charge on any atom is 0.131 e. The second-order valence-electron chi connectivity index (χ2n) is 6.21. The monoisotopic (exact) mass is 282 g/mol. The summed E-state index contributed by atoms with van der Waals surface area (Å²) in [5.74, 6) is 1.01. The molecule has 0 saturated carbocycles. The largest absolute Gasteiger partial charge is 0.488 e. The van der Waals surface area contributed by atoms with Crippen LogP contribution >= 0.6 is 0 Å².